The Kier molecular flexibility index (Phi) is 7.29. The van der Waals surface area contributed by atoms with Gasteiger partial charge in [0.1, 0.15) is 12.2 Å². The van der Waals surface area contributed by atoms with Gasteiger partial charge in [-0.3, -0.25) is 29.0 Å². The van der Waals surface area contributed by atoms with Crippen molar-refractivity contribution in [1.82, 2.24) is 30.0 Å². The number of aromatic nitrogens is 4. The molecule has 6 rings (SSSR count). The van der Waals surface area contributed by atoms with Crippen LogP contribution in [0.3, 0.4) is 0 Å². The Morgan fingerprint density at radius 3 is 2.78 bits per heavy atom. The van der Waals surface area contributed by atoms with Crippen LogP contribution in [0.5, 0.6) is 0 Å². The number of amides is 1. The average Bonchev–Trinajstić information content (AvgIpc) is 3.36. The number of hydrogen-bond donors (Lipinski definition) is 1. The number of benzene rings is 1. The number of rotatable bonds is 4. The summed E-state index contributed by atoms with van der Waals surface area (Å²) in [5.41, 5.74) is 4.13. The van der Waals surface area contributed by atoms with E-state index in [1.807, 2.05) is 32.1 Å². The molecule has 1 amide bonds. The van der Waals surface area contributed by atoms with Gasteiger partial charge in [-0.15, -0.1) is 0 Å². The van der Waals surface area contributed by atoms with Crippen LogP contribution in [-0.2, 0) is 27.4 Å². The maximum Gasteiger partial charge on any atom is 0.245 e. The molecule has 0 radical (unpaired) electrons. The highest BCUT2D eigenvalue weighted by Gasteiger charge is 2.66. The summed E-state index contributed by atoms with van der Waals surface area (Å²) in [6, 6.07) is 3.48. The van der Waals surface area contributed by atoms with Crippen molar-refractivity contribution in [3.8, 4) is 11.3 Å². The number of Topliss-reactive ketones (excluding diaryl/α,β-unsaturated/α-hetero) is 2. The van der Waals surface area contributed by atoms with Crippen molar-refractivity contribution in [2.24, 2.45) is 5.41 Å². The van der Waals surface area contributed by atoms with E-state index in [1.165, 1.54) is 6.92 Å². The van der Waals surface area contributed by atoms with Gasteiger partial charge < -0.3 is 15.0 Å². The largest absolute Gasteiger partial charge is 0.377 e. The molecule has 2 fully saturated rings. The fourth-order valence-electron chi connectivity index (χ4n) is 6.44. The predicted octanol–water partition coefficient (Wildman–Crippen LogP) is 3.41. The van der Waals surface area contributed by atoms with Crippen LogP contribution in [0.4, 0.5) is 0 Å². The van der Waals surface area contributed by atoms with E-state index in [9.17, 15) is 14.4 Å². The van der Waals surface area contributed by atoms with Gasteiger partial charge in [0.05, 0.1) is 42.4 Å². The van der Waals surface area contributed by atoms with Crippen LogP contribution >= 0.6 is 0 Å². The second-order valence-corrected chi connectivity index (χ2v) is 11.5. The molecule has 3 aliphatic rings. The van der Waals surface area contributed by atoms with E-state index < -0.39 is 6.04 Å². The molecule has 3 atom stereocenters. The topological polar surface area (TPSA) is 119 Å². The van der Waals surface area contributed by atoms with Crippen molar-refractivity contribution in [2.75, 3.05) is 19.8 Å². The van der Waals surface area contributed by atoms with Gasteiger partial charge in [-0.25, -0.2) is 0 Å². The Morgan fingerprint density at radius 1 is 1.17 bits per heavy atom. The summed E-state index contributed by atoms with van der Waals surface area (Å²) in [6.07, 6.45) is 10.3. The van der Waals surface area contributed by atoms with Crippen molar-refractivity contribution in [1.29, 1.82) is 0 Å². The maximum absolute atomic E-state index is 14.0. The highest BCUT2D eigenvalue weighted by molar-refractivity contribution is 6.07. The zero-order valence-electron chi connectivity index (χ0n) is 23.9. The van der Waals surface area contributed by atoms with Crippen LogP contribution < -0.4 is 5.32 Å². The molecule has 4 heterocycles. The van der Waals surface area contributed by atoms with Crippen molar-refractivity contribution < 1.29 is 19.1 Å². The van der Waals surface area contributed by atoms with E-state index in [4.69, 9.17) is 4.74 Å². The number of nitrogens with one attached hydrogen (secondary N) is 1. The van der Waals surface area contributed by atoms with Crippen LogP contribution in [0.25, 0.3) is 22.2 Å². The maximum atomic E-state index is 14.0. The van der Waals surface area contributed by atoms with Crippen molar-refractivity contribution >= 4 is 28.4 Å². The molecule has 2 aromatic heterocycles. The fraction of sp³-hybridized carbons (Fsp3) is 0.484. The molecule has 1 N–H and O–H groups in total. The first-order valence-electron chi connectivity index (χ1n) is 14.4. The normalized spacial score (nSPS) is 25.5. The minimum atomic E-state index is -0.453. The molecule has 214 valence electrons. The third-order valence-electron chi connectivity index (χ3n) is 8.62. The second-order valence-electron chi connectivity index (χ2n) is 11.5. The Bertz CT molecular complexity index is 1540. The number of piperidine rings is 1. The molecule has 0 unspecified atom stereocenters. The predicted molar refractivity (Wildman–Crippen MR) is 153 cm³/mol. The van der Waals surface area contributed by atoms with Crippen molar-refractivity contribution in [3.63, 3.8) is 0 Å². The van der Waals surface area contributed by atoms with Gasteiger partial charge in [0.15, 0.2) is 11.6 Å². The molecule has 1 aliphatic carbocycles. The molecule has 2 aliphatic heterocycles. The number of aryl methyl sites for hydroxylation is 1. The van der Waals surface area contributed by atoms with E-state index in [0.717, 1.165) is 41.7 Å². The Hall–Kier alpha value is -3.76. The van der Waals surface area contributed by atoms with Crippen LogP contribution in [0.1, 0.15) is 61.3 Å². The van der Waals surface area contributed by atoms with E-state index in [0.29, 0.717) is 49.4 Å². The zero-order valence-corrected chi connectivity index (χ0v) is 23.9. The first-order chi connectivity index (χ1) is 19.8. The lowest BCUT2D eigenvalue weighted by Gasteiger charge is -2.26. The molecule has 10 nitrogen and oxygen atoms in total. The number of carbonyl (C=O) groups is 3. The van der Waals surface area contributed by atoms with E-state index in [-0.39, 0.29) is 35.5 Å². The monoisotopic (exact) mass is 556 g/mol. The Labute approximate surface area is 239 Å². The molecule has 1 saturated carbocycles. The number of nitrogens with zero attached hydrogens (tertiary/aromatic N) is 5. The van der Waals surface area contributed by atoms with Crippen LogP contribution in [0.2, 0.25) is 0 Å². The van der Waals surface area contributed by atoms with Gasteiger partial charge in [-0.05, 0) is 50.4 Å². The molecular weight excluding hydrogens is 520 g/mol. The molecule has 0 spiro atoms. The molecule has 1 saturated heterocycles. The van der Waals surface area contributed by atoms with Gasteiger partial charge in [0.2, 0.25) is 5.91 Å². The number of carbonyl (C=O) groups excluding carboxylic acids is 3. The highest BCUT2D eigenvalue weighted by Crippen LogP contribution is 2.60. The zero-order chi connectivity index (χ0) is 28.7. The molecular formula is C31H36N6O4. The first kappa shape index (κ1) is 27.4. The quantitative estimate of drug-likeness (QED) is 0.384. The van der Waals surface area contributed by atoms with Crippen LogP contribution in [0, 0.1) is 12.3 Å². The van der Waals surface area contributed by atoms with Crippen LogP contribution in [0.15, 0.2) is 36.7 Å². The van der Waals surface area contributed by atoms with Gasteiger partial charge in [0, 0.05) is 48.5 Å². The lowest BCUT2D eigenvalue weighted by atomic mass is 9.97. The summed E-state index contributed by atoms with van der Waals surface area (Å²) in [5, 5.41) is 8.85. The lowest BCUT2D eigenvalue weighted by molar-refractivity contribution is -0.139. The second kappa shape index (κ2) is 10.9. The highest BCUT2D eigenvalue weighted by atomic mass is 16.5. The molecule has 41 heavy (non-hydrogen) atoms. The summed E-state index contributed by atoms with van der Waals surface area (Å²) in [4.78, 5) is 50.5. The SMILES string of the molecule is CCC(=O)[C@@H]1C[C@]23COC/C=C\CCNCc4cc(-c5cnc(C)cn5)cc5c(C(C)=O)nn(c45)CC(=O)N1[C@@H]2C3. The Morgan fingerprint density at radius 2 is 2.02 bits per heavy atom. The first-order valence-corrected chi connectivity index (χ1v) is 14.4. The van der Waals surface area contributed by atoms with Gasteiger partial charge in [-0.2, -0.15) is 5.10 Å². The van der Waals surface area contributed by atoms with Gasteiger partial charge in [-0.1, -0.05) is 19.1 Å². The summed E-state index contributed by atoms with van der Waals surface area (Å²) in [7, 11) is 0. The van der Waals surface area contributed by atoms with Crippen molar-refractivity contribution in [2.45, 2.75) is 71.6 Å². The summed E-state index contributed by atoms with van der Waals surface area (Å²) in [5.74, 6) is -0.266. The number of ether oxygens (including phenoxy) is 1. The smallest absolute Gasteiger partial charge is 0.245 e. The molecule has 2 bridgehead atoms. The Balaban J connectivity index is 1.45. The van der Waals surface area contributed by atoms with Crippen molar-refractivity contribution in [3.05, 3.63) is 53.6 Å². The van der Waals surface area contributed by atoms with E-state index in [2.05, 4.69) is 26.5 Å². The standard InChI is InChI=1S/C31H36N6O4/c1-4-26(39)25-12-31-13-27(31)37(25)28(40)17-36-30-22(15-32-8-6-5-7-9-41-18-31)10-21(24-16-33-19(2)14-34-24)11-23(30)29(35-36)20(3)38/h5,7,10-11,14,16,25,27,32H,4,6,8-9,12-13,15,17-18H2,1-3H3/b7-5-/t25-,27+,31-/m0/s1. The third-order valence-corrected chi connectivity index (χ3v) is 8.62. The summed E-state index contributed by atoms with van der Waals surface area (Å²) < 4.78 is 7.65. The minimum Gasteiger partial charge on any atom is -0.377 e. The van der Waals surface area contributed by atoms with E-state index in [1.54, 1.807) is 22.0 Å². The van der Waals surface area contributed by atoms with E-state index >= 15 is 0 Å². The third kappa shape index (κ3) is 5.10. The average molecular weight is 557 g/mol. The molecule has 1 aromatic carbocycles. The minimum absolute atomic E-state index is 0.0166. The molecule has 10 heteroatoms. The fourth-order valence-corrected chi connectivity index (χ4v) is 6.44. The summed E-state index contributed by atoms with van der Waals surface area (Å²) >= 11 is 0. The summed E-state index contributed by atoms with van der Waals surface area (Å²) in [6.45, 7) is 7.47. The molecule has 3 aromatic rings. The van der Waals surface area contributed by atoms with Gasteiger partial charge >= 0.3 is 0 Å². The van der Waals surface area contributed by atoms with Crippen LogP contribution in [-0.4, -0.2) is 74.0 Å². The van der Waals surface area contributed by atoms with Gasteiger partial charge in [0.25, 0.3) is 0 Å². The number of ketones is 2. The number of hydrogen-bond acceptors (Lipinski definition) is 8. The lowest BCUT2D eigenvalue weighted by Crippen LogP contribution is -2.44.